The molecular formula is C26H20N2O3. The van der Waals surface area contributed by atoms with E-state index in [1.54, 1.807) is 6.07 Å². The number of nitro groups is 1. The first-order valence-corrected chi connectivity index (χ1v) is 10.5. The van der Waals surface area contributed by atoms with Crippen molar-refractivity contribution in [3.05, 3.63) is 100 Å². The monoisotopic (exact) mass is 408 g/mol. The summed E-state index contributed by atoms with van der Waals surface area (Å²) in [6, 6.07) is 21.8. The molecule has 0 amide bonds. The van der Waals surface area contributed by atoms with Crippen LogP contribution in [0.5, 0.6) is 5.75 Å². The molecular weight excluding hydrogens is 388 g/mol. The number of nitro benzene ring substituents is 1. The van der Waals surface area contributed by atoms with E-state index in [4.69, 9.17) is 0 Å². The van der Waals surface area contributed by atoms with Crippen LogP contribution in [0, 0.1) is 16.0 Å². The zero-order chi connectivity index (χ0) is 21.1. The number of nitrogens with one attached hydrogen (secondary N) is 1. The van der Waals surface area contributed by atoms with Gasteiger partial charge in [-0.25, -0.2) is 0 Å². The minimum atomic E-state index is -0.446. The highest BCUT2D eigenvalue weighted by Crippen LogP contribution is 2.54. The van der Waals surface area contributed by atoms with Crippen LogP contribution in [0.25, 0.3) is 21.5 Å². The first-order chi connectivity index (χ1) is 15.1. The third-order valence-corrected chi connectivity index (χ3v) is 6.77. The van der Waals surface area contributed by atoms with E-state index in [-0.39, 0.29) is 29.3 Å². The normalized spacial score (nSPS) is 21.6. The van der Waals surface area contributed by atoms with Crippen molar-refractivity contribution in [3.63, 3.8) is 0 Å². The van der Waals surface area contributed by atoms with Gasteiger partial charge in [0.15, 0.2) is 0 Å². The van der Waals surface area contributed by atoms with Gasteiger partial charge in [-0.05, 0) is 51.1 Å². The number of hydrogen-bond acceptors (Lipinski definition) is 4. The van der Waals surface area contributed by atoms with Crippen LogP contribution in [0.1, 0.15) is 29.5 Å². The molecule has 3 atom stereocenters. The summed E-state index contributed by atoms with van der Waals surface area (Å²) in [5.74, 6) is 0.158. The maximum Gasteiger partial charge on any atom is 0.273 e. The molecule has 1 aliphatic carbocycles. The van der Waals surface area contributed by atoms with Gasteiger partial charge < -0.3 is 10.4 Å². The van der Waals surface area contributed by atoms with E-state index >= 15 is 0 Å². The fourth-order valence-corrected chi connectivity index (χ4v) is 5.44. The topological polar surface area (TPSA) is 75.4 Å². The van der Waals surface area contributed by atoms with Crippen LogP contribution < -0.4 is 5.32 Å². The summed E-state index contributed by atoms with van der Waals surface area (Å²) < 4.78 is 0. The minimum absolute atomic E-state index is 0.0183. The van der Waals surface area contributed by atoms with Crippen molar-refractivity contribution >= 4 is 32.9 Å². The van der Waals surface area contributed by atoms with Gasteiger partial charge in [-0.1, -0.05) is 60.7 Å². The zero-order valence-corrected chi connectivity index (χ0v) is 16.7. The maximum absolute atomic E-state index is 11.4. The van der Waals surface area contributed by atoms with Gasteiger partial charge in [-0.15, -0.1) is 0 Å². The average Bonchev–Trinajstić information content (AvgIpc) is 3.27. The number of allylic oxidation sites excluding steroid dienone is 2. The molecule has 1 aliphatic heterocycles. The number of fused-ring (bicyclic) bond motifs is 5. The molecule has 5 nitrogen and oxygen atoms in total. The molecule has 4 aromatic carbocycles. The Kier molecular flexibility index (Phi) is 3.81. The summed E-state index contributed by atoms with van der Waals surface area (Å²) in [5.41, 5.74) is 2.54. The van der Waals surface area contributed by atoms with Crippen LogP contribution in [0.3, 0.4) is 0 Å². The lowest BCUT2D eigenvalue weighted by Crippen LogP contribution is -2.29. The average molecular weight is 408 g/mol. The van der Waals surface area contributed by atoms with Crippen molar-refractivity contribution in [2.45, 2.75) is 18.4 Å². The lowest BCUT2D eigenvalue weighted by molar-refractivity contribution is -0.385. The molecule has 0 bridgehead atoms. The van der Waals surface area contributed by atoms with Gasteiger partial charge in [-0.2, -0.15) is 0 Å². The highest BCUT2D eigenvalue weighted by molar-refractivity contribution is 6.03. The van der Waals surface area contributed by atoms with Gasteiger partial charge >= 0.3 is 0 Å². The van der Waals surface area contributed by atoms with Gasteiger partial charge in [0.1, 0.15) is 5.75 Å². The molecule has 4 aromatic rings. The number of hydrogen-bond donors (Lipinski definition) is 2. The van der Waals surface area contributed by atoms with Crippen LogP contribution in [-0.4, -0.2) is 10.0 Å². The Bertz CT molecular complexity index is 1350. The lowest BCUT2D eigenvalue weighted by atomic mass is 9.75. The van der Waals surface area contributed by atoms with Gasteiger partial charge in [0, 0.05) is 12.0 Å². The summed E-state index contributed by atoms with van der Waals surface area (Å²) in [5, 5.41) is 30.4. The van der Waals surface area contributed by atoms with Gasteiger partial charge in [-0.3, -0.25) is 10.1 Å². The quantitative estimate of drug-likeness (QED) is 0.132. The molecule has 152 valence electrons. The van der Waals surface area contributed by atoms with Gasteiger partial charge in [0.05, 0.1) is 22.7 Å². The van der Waals surface area contributed by atoms with E-state index < -0.39 is 4.92 Å². The number of aromatic hydroxyl groups is 1. The SMILES string of the molecule is O=[N+]([O-])c1cc(O)c2c(c1)C1C=CCC1C(c1c3ccccc3cc3ccccc13)N2. The van der Waals surface area contributed by atoms with Crippen LogP contribution in [-0.2, 0) is 0 Å². The number of benzene rings is 4. The Labute approximate surface area is 178 Å². The number of rotatable bonds is 2. The molecule has 0 saturated heterocycles. The molecule has 31 heavy (non-hydrogen) atoms. The Morgan fingerprint density at radius 1 is 0.968 bits per heavy atom. The predicted molar refractivity (Wildman–Crippen MR) is 123 cm³/mol. The van der Waals surface area contributed by atoms with Crippen molar-refractivity contribution in [2.24, 2.45) is 5.92 Å². The molecule has 5 heteroatoms. The molecule has 1 heterocycles. The van der Waals surface area contributed by atoms with E-state index in [2.05, 4.69) is 72.1 Å². The third-order valence-electron chi connectivity index (χ3n) is 6.77. The maximum atomic E-state index is 11.4. The molecule has 0 radical (unpaired) electrons. The summed E-state index contributed by atoms with van der Waals surface area (Å²) in [4.78, 5) is 10.9. The van der Waals surface area contributed by atoms with E-state index in [9.17, 15) is 15.2 Å². The number of phenolic OH excluding ortho intramolecular Hbond substituents is 1. The molecule has 0 saturated carbocycles. The Balaban J connectivity index is 1.62. The smallest absolute Gasteiger partial charge is 0.273 e. The summed E-state index contributed by atoms with van der Waals surface area (Å²) >= 11 is 0. The Hall–Kier alpha value is -3.86. The van der Waals surface area contributed by atoms with Crippen molar-refractivity contribution in [1.82, 2.24) is 0 Å². The highest BCUT2D eigenvalue weighted by Gasteiger charge is 2.41. The fraction of sp³-hybridized carbons (Fsp3) is 0.154. The number of nitrogens with zero attached hydrogens (tertiary/aromatic N) is 1. The van der Waals surface area contributed by atoms with Crippen molar-refractivity contribution in [2.75, 3.05) is 5.32 Å². The molecule has 0 fully saturated rings. The van der Waals surface area contributed by atoms with E-state index in [0.717, 1.165) is 12.0 Å². The summed E-state index contributed by atoms with van der Waals surface area (Å²) in [7, 11) is 0. The predicted octanol–water partition coefficient (Wildman–Crippen LogP) is 6.43. The third kappa shape index (κ3) is 2.63. The van der Waals surface area contributed by atoms with E-state index in [1.165, 1.54) is 33.2 Å². The fourth-order valence-electron chi connectivity index (χ4n) is 5.44. The lowest BCUT2D eigenvalue weighted by Gasteiger charge is -2.38. The molecule has 0 spiro atoms. The van der Waals surface area contributed by atoms with Gasteiger partial charge in [0.25, 0.3) is 5.69 Å². The number of anilines is 1. The largest absolute Gasteiger partial charge is 0.506 e. The summed E-state index contributed by atoms with van der Waals surface area (Å²) in [6.07, 6.45) is 5.17. The Morgan fingerprint density at radius 3 is 2.32 bits per heavy atom. The zero-order valence-electron chi connectivity index (χ0n) is 16.7. The summed E-state index contributed by atoms with van der Waals surface area (Å²) in [6.45, 7) is 0. The molecule has 2 aliphatic rings. The molecule has 6 rings (SSSR count). The number of non-ortho nitro benzene ring substituents is 1. The second-order valence-electron chi connectivity index (χ2n) is 8.39. The van der Waals surface area contributed by atoms with Crippen molar-refractivity contribution in [3.8, 4) is 5.75 Å². The second-order valence-corrected chi connectivity index (χ2v) is 8.39. The van der Waals surface area contributed by atoms with Gasteiger partial charge in [0.2, 0.25) is 0 Å². The standard InChI is InChI=1S/C26H20N2O3/c29-23-14-17(28(30)31)13-22-20-10-5-11-21(20)26(27-25(22)23)24-18-8-3-1-6-15(18)12-16-7-2-4-9-19(16)24/h1-10,12-14,20-21,26-27,29H,11H2. The van der Waals surface area contributed by atoms with E-state index in [1.807, 2.05) is 0 Å². The molecule has 2 N–H and O–H groups in total. The minimum Gasteiger partial charge on any atom is -0.506 e. The first kappa shape index (κ1) is 18.0. The van der Waals surface area contributed by atoms with Crippen molar-refractivity contribution in [1.29, 1.82) is 0 Å². The second kappa shape index (κ2) is 6.57. The van der Waals surface area contributed by atoms with Crippen molar-refractivity contribution < 1.29 is 10.0 Å². The van der Waals surface area contributed by atoms with E-state index in [0.29, 0.717) is 5.69 Å². The first-order valence-electron chi connectivity index (χ1n) is 10.5. The van der Waals surface area contributed by atoms with Crippen LogP contribution in [0.4, 0.5) is 11.4 Å². The Morgan fingerprint density at radius 2 is 1.65 bits per heavy atom. The number of phenols is 1. The van der Waals surface area contributed by atoms with Crippen LogP contribution in [0.15, 0.2) is 78.9 Å². The highest BCUT2D eigenvalue weighted by atomic mass is 16.6. The van der Waals surface area contributed by atoms with Crippen LogP contribution >= 0.6 is 0 Å². The molecule has 3 unspecified atom stereocenters. The molecule has 0 aromatic heterocycles. The van der Waals surface area contributed by atoms with Crippen LogP contribution in [0.2, 0.25) is 0 Å².